The van der Waals surface area contributed by atoms with Crippen LogP contribution in [0, 0.1) is 0 Å². The number of hydrogen-bond donors (Lipinski definition) is 2. The summed E-state index contributed by atoms with van der Waals surface area (Å²) in [5.41, 5.74) is 0. The first-order valence-electron chi connectivity index (χ1n) is 5.68. The molecule has 114 valence electrons. The predicted octanol–water partition coefficient (Wildman–Crippen LogP) is 3.86. The van der Waals surface area contributed by atoms with Crippen molar-refractivity contribution in [1.29, 1.82) is 0 Å². The van der Waals surface area contributed by atoms with Gasteiger partial charge in [0.15, 0.2) is 0 Å². The van der Waals surface area contributed by atoms with Crippen molar-refractivity contribution in [1.82, 2.24) is 0 Å². The summed E-state index contributed by atoms with van der Waals surface area (Å²) in [5.74, 6) is 3.11. The second-order valence-corrected chi connectivity index (χ2v) is 9.61. The second kappa shape index (κ2) is 13.6. The molecule has 0 aliphatic rings. The molecule has 0 bridgehead atoms. The van der Waals surface area contributed by atoms with Crippen molar-refractivity contribution < 1.29 is 9.59 Å². The monoisotopic (exact) mass is 386 g/mol. The Morgan fingerprint density at radius 3 is 1.50 bits per heavy atom. The second-order valence-electron chi connectivity index (χ2n) is 3.55. The highest BCUT2D eigenvalue weighted by Crippen LogP contribution is 2.27. The third-order valence-corrected chi connectivity index (χ3v) is 8.09. The smallest absolute Gasteiger partial charge is 0.211 e. The first-order chi connectivity index (χ1) is 9.49. The Kier molecular flexibility index (Phi) is 14.2. The molecule has 0 heterocycles. The van der Waals surface area contributed by atoms with E-state index in [4.69, 9.17) is 0 Å². The molecule has 2 unspecified atom stereocenters. The van der Waals surface area contributed by atoms with Crippen LogP contribution in [-0.2, 0) is 9.59 Å². The Balaban J connectivity index is 3.54. The Morgan fingerprint density at radius 1 is 0.850 bits per heavy atom. The third kappa shape index (κ3) is 12.6. The molecule has 0 aromatic carbocycles. The van der Waals surface area contributed by atoms with Crippen molar-refractivity contribution in [3.63, 3.8) is 0 Å². The lowest BCUT2D eigenvalue weighted by atomic mass is 10.5. The molecule has 20 heavy (non-hydrogen) atoms. The zero-order valence-electron chi connectivity index (χ0n) is 10.9. The van der Waals surface area contributed by atoms with Gasteiger partial charge in [-0.3, -0.25) is 9.59 Å². The van der Waals surface area contributed by atoms with E-state index in [-0.39, 0.29) is 20.7 Å². The quantitative estimate of drug-likeness (QED) is 0.243. The Morgan fingerprint density at radius 2 is 1.20 bits per heavy atom. The van der Waals surface area contributed by atoms with E-state index >= 15 is 0 Å². The molecule has 0 aromatic heterocycles. The molecule has 0 radical (unpaired) electrons. The van der Waals surface area contributed by atoms with E-state index in [1.807, 2.05) is 0 Å². The van der Waals surface area contributed by atoms with E-state index in [2.05, 4.69) is 38.4 Å². The lowest BCUT2D eigenvalue weighted by Crippen LogP contribution is -2.09. The van der Waals surface area contributed by atoms with Gasteiger partial charge < -0.3 is 0 Å². The maximum Gasteiger partial charge on any atom is 0.211 e. The lowest BCUT2D eigenvalue weighted by molar-refractivity contribution is -0.107. The van der Waals surface area contributed by atoms with Crippen molar-refractivity contribution >= 4 is 80.6 Å². The molecule has 0 N–H and O–H groups in total. The number of carbonyl (C=O) groups is 2. The van der Waals surface area contributed by atoms with Gasteiger partial charge in [-0.25, -0.2) is 0 Å². The van der Waals surface area contributed by atoms with Crippen LogP contribution in [0.2, 0.25) is 0 Å². The lowest BCUT2D eigenvalue weighted by Gasteiger charge is -2.10. The number of carbonyl (C=O) groups excluding carboxylic acids is 2. The summed E-state index contributed by atoms with van der Waals surface area (Å²) < 4.78 is 0. The van der Waals surface area contributed by atoms with Crippen LogP contribution in [0.3, 0.4) is 0 Å². The van der Waals surface area contributed by atoms with Gasteiger partial charge in [-0.05, 0) is 12.2 Å². The number of thioether (sulfide) groups is 2. The molecular formula is C12H18O2S6. The van der Waals surface area contributed by atoms with Gasteiger partial charge in [0.25, 0.3) is 0 Å². The largest absolute Gasteiger partial charge is 0.282 e. The minimum Gasteiger partial charge on any atom is -0.282 e. The fourth-order valence-corrected chi connectivity index (χ4v) is 6.11. The van der Waals surface area contributed by atoms with Crippen LogP contribution in [-0.4, -0.2) is 43.7 Å². The van der Waals surface area contributed by atoms with Gasteiger partial charge >= 0.3 is 0 Å². The van der Waals surface area contributed by atoms with Crippen LogP contribution in [0.15, 0.2) is 25.3 Å². The van der Waals surface area contributed by atoms with E-state index in [1.54, 1.807) is 21.6 Å². The summed E-state index contributed by atoms with van der Waals surface area (Å²) >= 11 is 11.3. The molecule has 0 aromatic rings. The van der Waals surface area contributed by atoms with E-state index in [0.29, 0.717) is 11.5 Å². The van der Waals surface area contributed by atoms with Crippen LogP contribution in [0.25, 0.3) is 0 Å². The Bertz CT molecular complexity index is 302. The summed E-state index contributed by atoms with van der Waals surface area (Å²) in [4.78, 5) is 22.1. The zero-order valence-corrected chi connectivity index (χ0v) is 16.0. The highest BCUT2D eigenvalue weighted by Gasteiger charge is 2.09. The van der Waals surface area contributed by atoms with Gasteiger partial charge in [0.1, 0.15) is 0 Å². The fraction of sp³-hybridized carbons (Fsp3) is 0.500. The predicted molar refractivity (Wildman–Crippen MR) is 106 cm³/mol. The molecule has 0 spiro atoms. The summed E-state index contributed by atoms with van der Waals surface area (Å²) in [6.07, 6.45) is 2.64. The first-order valence-corrected chi connectivity index (χ1v) is 11.2. The Hall–Kier alpha value is 0.920. The van der Waals surface area contributed by atoms with Gasteiger partial charge in [0.2, 0.25) is 10.2 Å². The van der Waals surface area contributed by atoms with Gasteiger partial charge in [-0.15, -0.1) is 0 Å². The van der Waals surface area contributed by atoms with Crippen LogP contribution in [0.1, 0.15) is 0 Å². The van der Waals surface area contributed by atoms with Gasteiger partial charge in [-0.1, -0.05) is 58.3 Å². The molecular weight excluding hydrogens is 369 g/mol. The minimum absolute atomic E-state index is 0.0129. The minimum atomic E-state index is -0.0129. The SMILES string of the molecule is C=CC(=O)SCC(S)CSSCC(S)CSC(=O)C=C. The summed E-state index contributed by atoms with van der Waals surface area (Å²) in [6, 6.07) is 0. The van der Waals surface area contributed by atoms with Crippen LogP contribution in [0.5, 0.6) is 0 Å². The number of hydrogen-bond acceptors (Lipinski definition) is 8. The average molecular weight is 387 g/mol. The molecule has 0 aliphatic heterocycles. The maximum absolute atomic E-state index is 11.0. The van der Waals surface area contributed by atoms with E-state index in [9.17, 15) is 9.59 Å². The third-order valence-electron chi connectivity index (χ3n) is 1.77. The van der Waals surface area contributed by atoms with Crippen LogP contribution < -0.4 is 0 Å². The first kappa shape index (κ1) is 20.9. The maximum atomic E-state index is 11.0. The molecule has 2 atom stereocenters. The molecule has 0 amide bonds. The van der Waals surface area contributed by atoms with Crippen LogP contribution >= 0.6 is 70.4 Å². The molecule has 0 fully saturated rings. The Labute approximate surface area is 148 Å². The van der Waals surface area contributed by atoms with Gasteiger partial charge in [0.05, 0.1) is 0 Å². The zero-order chi connectivity index (χ0) is 15.4. The molecule has 0 saturated heterocycles. The van der Waals surface area contributed by atoms with Gasteiger partial charge in [-0.2, -0.15) is 25.3 Å². The van der Waals surface area contributed by atoms with Crippen molar-refractivity contribution in [2.24, 2.45) is 0 Å². The molecule has 8 heteroatoms. The van der Waals surface area contributed by atoms with E-state index in [1.165, 1.54) is 35.7 Å². The standard InChI is InChI=1S/C12H18O2S6/c1-3-11(13)17-5-9(15)7-19-20-8-10(16)6-18-12(14)4-2/h3-4,9-10,15-16H,1-2,5-8H2. The van der Waals surface area contributed by atoms with Crippen LogP contribution in [0.4, 0.5) is 0 Å². The number of thiol groups is 2. The normalized spacial score (nSPS) is 13.5. The van der Waals surface area contributed by atoms with Crippen molar-refractivity contribution in [2.75, 3.05) is 23.0 Å². The topological polar surface area (TPSA) is 34.1 Å². The molecule has 0 rings (SSSR count). The van der Waals surface area contributed by atoms with Gasteiger partial charge in [0, 0.05) is 33.5 Å². The van der Waals surface area contributed by atoms with Crippen molar-refractivity contribution in [2.45, 2.75) is 10.5 Å². The summed E-state index contributed by atoms with van der Waals surface area (Å²) in [7, 11) is 3.43. The highest BCUT2D eigenvalue weighted by molar-refractivity contribution is 8.76. The highest BCUT2D eigenvalue weighted by atomic mass is 33.1. The van der Waals surface area contributed by atoms with E-state index in [0.717, 1.165) is 11.5 Å². The molecule has 2 nitrogen and oxygen atoms in total. The summed E-state index contributed by atoms with van der Waals surface area (Å²) in [6.45, 7) is 6.85. The summed E-state index contributed by atoms with van der Waals surface area (Å²) in [5, 5.41) is 0.329. The average Bonchev–Trinajstić information content (AvgIpc) is 2.46. The fourth-order valence-electron chi connectivity index (χ4n) is 0.824. The van der Waals surface area contributed by atoms with Crippen molar-refractivity contribution in [3.05, 3.63) is 25.3 Å². The number of rotatable bonds is 11. The molecule has 0 saturated carbocycles. The molecule has 0 aliphatic carbocycles. The van der Waals surface area contributed by atoms with E-state index < -0.39 is 0 Å². The van der Waals surface area contributed by atoms with Crippen molar-refractivity contribution in [3.8, 4) is 0 Å².